The van der Waals surface area contributed by atoms with Gasteiger partial charge in [-0.15, -0.1) is 0 Å². The molecule has 0 radical (unpaired) electrons. The highest BCUT2D eigenvalue weighted by Gasteiger charge is 2.55. The summed E-state index contributed by atoms with van der Waals surface area (Å²) in [5.74, 6) is -0.903. The molecule has 2 N–H and O–H groups in total. The third-order valence-corrected chi connectivity index (χ3v) is 7.59. The average molecular weight is 474 g/mol. The Hall–Kier alpha value is -2.05. The van der Waals surface area contributed by atoms with E-state index in [0.717, 1.165) is 11.1 Å². The lowest BCUT2D eigenvalue weighted by Crippen LogP contribution is -2.52. The van der Waals surface area contributed by atoms with Gasteiger partial charge in [0, 0.05) is 28.5 Å². The van der Waals surface area contributed by atoms with E-state index in [2.05, 4.69) is 5.32 Å². The minimum atomic E-state index is -0.820. The second-order valence-corrected chi connectivity index (χ2v) is 9.86. The molecule has 1 amide bonds. The van der Waals surface area contributed by atoms with Gasteiger partial charge in [0.15, 0.2) is 5.79 Å². The van der Waals surface area contributed by atoms with Crippen molar-refractivity contribution in [1.29, 1.82) is 0 Å². The minimum Gasteiger partial charge on any atom is -0.509 e. The maximum absolute atomic E-state index is 13.1. The highest BCUT2D eigenvalue weighted by Crippen LogP contribution is 2.49. The highest BCUT2D eigenvalue weighted by atomic mass is 35.5. The topological polar surface area (TPSA) is 67.8 Å². The molecule has 168 valence electrons. The van der Waals surface area contributed by atoms with Crippen molar-refractivity contribution >= 4 is 34.7 Å². The molecule has 7 heteroatoms. The summed E-state index contributed by atoms with van der Waals surface area (Å²) in [6.45, 7) is 4.01. The van der Waals surface area contributed by atoms with Crippen molar-refractivity contribution in [2.45, 2.75) is 63.1 Å². The van der Waals surface area contributed by atoms with Gasteiger partial charge in [-0.2, -0.15) is 0 Å². The number of rotatable bonds is 2. The Balaban J connectivity index is 1.47. The Kier molecular flexibility index (Phi) is 5.29. The lowest BCUT2D eigenvalue weighted by Gasteiger charge is -2.41. The van der Waals surface area contributed by atoms with E-state index in [4.69, 9.17) is 32.7 Å². The fourth-order valence-corrected chi connectivity index (χ4v) is 5.36. The van der Waals surface area contributed by atoms with Crippen molar-refractivity contribution in [3.05, 3.63) is 63.8 Å². The molecule has 2 heterocycles. The number of halogens is 2. The molecule has 32 heavy (non-hydrogen) atoms. The zero-order valence-corrected chi connectivity index (χ0v) is 19.5. The quantitative estimate of drug-likeness (QED) is 0.570. The van der Waals surface area contributed by atoms with Gasteiger partial charge in [-0.3, -0.25) is 4.79 Å². The first kappa shape index (κ1) is 21.8. The molecule has 1 saturated carbocycles. The van der Waals surface area contributed by atoms with Crippen LogP contribution in [0.2, 0.25) is 10.0 Å². The van der Waals surface area contributed by atoms with Gasteiger partial charge >= 0.3 is 0 Å². The van der Waals surface area contributed by atoms with Crippen LogP contribution >= 0.6 is 23.2 Å². The number of carbonyl (C=O) groups is 1. The number of aliphatic hydroxyl groups is 1. The maximum atomic E-state index is 13.1. The van der Waals surface area contributed by atoms with Crippen molar-refractivity contribution in [3.8, 4) is 11.1 Å². The molecule has 1 saturated heterocycles. The summed E-state index contributed by atoms with van der Waals surface area (Å²) in [5, 5.41) is 15.4. The van der Waals surface area contributed by atoms with Crippen molar-refractivity contribution in [2.24, 2.45) is 0 Å². The van der Waals surface area contributed by atoms with Crippen LogP contribution in [0.4, 0.5) is 0 Å². The molecular weight excluding hydrogens is 449 g/mol. The molecule has 1 aliphatic carbocycles. The number of amides is 1. The van der Waals surface area contributed by atoms with Gasteiger partial charge in [-0.25, -0.2) is 0 Å². The number of hydrogen-bond donors (Lipinski definition) is 2. The van der Waals surface area contributed by atoms with Crippen LogP contribution < -0.4 is 5.32 Å². The van der Waals surface area contributed by atoms with Crippen LogP contribution in [0, 0.1) is 0 Å². The lowest BCUT2D eigenvalue weighted by molar-refractivity contribution is -0.199. The lowest BCUT2D eigenvalue weighted by atomic mass is 9.77. The third kappa shape index (κ3) is 3.52. The van der Waals surface area contributed by atoms with E-state index in [-0.39, 0.29) is 29.4 Å². The monoisotopic (exact) mass is 473 g/mol. The Morgan fingerprint density at radius 1 is 0.938 bits per heavy atom. The molecule has 2 unspecified atom stereocenters. The van der Waals surface area contributed by atoms with E-state index in [1.54, 1.807) is 6.07 Å². The van der Waals surface area contributed by atoms with Crippen LogP contribution in [0.1, 0.15) is 45.1 Å². The van der Waals surface area contributed by atoms with Crippen LogP contribution in [0.15, 0.2) is 48.2 Å². The second kappa shape index (κ2) is 7.77. The second-order valence-electron chi connectivity index (χ2n) is 9.02. The zero-order chi connectivity index (χ0) is 22.7. The fraction of sp³-hybridized carbons (Fsp3) is 0.400. The molecule has 5 nitrogen and oxygen atoms in total. The zero-order valence-electron chi connectivity index (χ0n) is 18.0. The molecule has 2 aromatic rings. The Bertz CT molecular complexity index is 1090. The van der Waals surface area contributed by atoms with Crippen LogP contribution in [0.25, 0.3) is 16.7 Å². The summed E-state index contributed by atoms with van der Waals surface area (Å²) in [6.07, 6.45) is 2.30. The fourth-order valence-electron chi connectivity index (χ4n) is 5.03. The summed E-state index contributed by atoms with van der Waals surface area (Å²) in [4.78, 5) is 13.1. The largest absolute Gasteiger partial charge is 0.509 e. The average Bonchev–Trinajstić information content (AvgIpc) is 3.18. The predicted molar refractivity (Wildman–Crippen MR) is 125 cm³/mol. The highest BCUT2D eigenvalue weighted by molar-refractivity contribution is 6.36. The molecule has 5 rings (SSSR count). The maximum Gasteiger partial charge on any atom is 0.256 e. The van der Waals surface area contributed by atoms with Gasteiger partial charge in [-0.1, -0.05) is 41.4 Å². The predicted octanol–water partition coefficient (Wildman–Crippen LogP) is 5.89. The summed E-state index contributed by atoms with van der Waals surface area (Å²) < 4.78 is 12.2. The van der Waals surface area contributed by atoms with Crippen molar-refractivity contribution in [1.82, 2.24) is 5.32 Å². The van der Waals surface area contributed by atoms with E-state index in [1.807, 2.05) is 50.2 Å². The standard InChI is InChI=1S/C25H25Cl2NO4/c1-14-15(2)32-25(31-14)11-9-24(10-12-25)22(29)21(23(30)28-24)19-13-17(5-8-20(19)27)16-3-6-18(26)7-4-16/h3-8,13-15,29H,9-12H2,1-2H3,(H,28,30). The first-order chi connectivity index (χ1) is 15.2. The molecular formula is C25H25Cl2NO4. The Morgan fingerprint density at radius 3 is 2.16 bits per heavy atom. The molecule has 2 aliphatic heterocycles. The third-order valence-electron chi connectivity index (χ3n) is 7.01. The SMILES string of the molecule is CC1OC2(CCC3(CC2)NC(=O)C(c2cc(-c4ccc(Cl)cc4)ccc2Cl)=C3O)OC1C. The first-order valence-corrected chi connectivity index (χ1v) is 11.7. The van der Waals surface area contributed by atoms with E-state index < -0.39 is 11.3 Å². The summed E-state index contributed by atoms with van der Waals surface area (Å²) in [5.41, 5.74) is 1.75. The molecule has 2 aromatic carbocycles. The van der Waals surface area contributed by atoms with Crippen molar-refractivity contribution < 1.29 is 19.4 Å². The van der Waals surface area contributed by atoms with Crippen LogP contribution in [-0.4, -0.2) is 34.5 Å². The number of carbonyl (C=O) groups excluding carboxylic acids is 1. The van der Waals surface area contributed by atoms with Crippen molar-refractivity contribution in [3.63, 3.8) is 0 Å². The van der Waals surface area contributed by atoms with Gasteiger partial charge in [-0.05, 0) is 62.1 Å². The van der Waals surface area contributed by atoms with Gasteiger partial charge in [0.25, 0.3) is 5.91 Å². The Morgan fingerprint density at radius 2 is 1.53 bits per heavy atom. The number of hydrogen-bond acceptors (Lipinski definition) is 4. The molecule has 0 aromatic heterocycles. The number of nitrogens with one attached hydrogen (secondary N) is 1. The van der Waals surface area contributed by atoms with E-state index in [0.29, 0.717) is 41.3 Å². The summed E-state index contributed by atoms with van der Waals surface area (Å²) in [6, 6.07) is 12.9. The van der Waals surface area contributed by atoms with Gasteiger partial charge < -0.3 is 19.9 Å². The number of aliphatic hydroxyl groups excluding tert-OH is 1. The van der Waals surface area contributed by atoms with Gasteiger partial charge in [0.05, 0.1) is 23.3 Å². The summed E-state index contributed by atoms with van der Waals surface area (Å²) in [7, 11) is 0. The molecule has 2 atom stereocenters. The molecule has 2 spiro atoms. The molecule has 3 aliphatic rings. The van der Waals surface area contributed by atoms with Crippen molar-refractivity contribution in [2.75, 3.05) is 0 Å². The van der Waals surface area contributed by atoms with E-state index in [9.17, 15) is 9.90 Å². The normalized spacial score (nSPS) is 32.2. The van der Waals surface area contributed by atoms with E-state index in [1.165, 1.54) is 0 Å². The number of ether oxygens (including phenoxy) is 2. The van der Waals surface area contributed by atoms with Crippen LogP contribution in [0.3, 0.4) is 0 Å². The van der Waals surface area contributed by atoms with Gasteiger partial charge in [0.2, 0.25) is 0 Å². The minimum absolute atomic E-state index is 0.0244. The molecule has 2 fully saturated rings. The van der Waals surface area contributed by atoms with Crippen LogP contribution in [-0.2, 0) is 14.3 Å². The van der Waals surface area contributed by atoms with E-state index >= 15 is 0 Å². The van der Waals surface area contributed by atoms with Crippen LogP contribution in [0.5, 0.6) is 0 Å². The Labute approximate surface area is 197 Å². The summed E-state index contributed by atoms with van der Waals surface area (Å²) >= 11 is 12.5. The smallest absolute Gasteiger partial charge is 0.256 e. The van der Waals surface area contributed by atoms with Gasteiger partial charge in [0.1, 0.15) is 5.76 Å². The first-order valence-electron chi connectivity index (χ1n) is 10.9. The molecule has 0 bridgehead atoms. The number of benzene rings is 2.